The number of anilines is 1. The molecular weight excluding hydrogens is 333 g/mol. The Labute approximate surface area is 135 Å². The zero-order valence-corrected chi connectivity index (χ0v) is 12.8. The van der Waals surface area contributed by atoms with Crippen LogP contribution in [0.1, 0.15) is 5.69 Å². The van der Waals surface area contributed by atoms with Crippen LogP contribution in [0.15, 0.2) is 24.7 Å². The number of hydrogen-bond donors (Lipinski definition) is 0. The van der Waals surface area contributed by atoms with Gasteiger partial charge >= 0.3 is 6.18 Å². The second kappa shape index (κ2) is 6.32. The van der Waals surface area contributed by atoms with Crippen LogP contribution >= 0.6 is 11.6 Å². The van der Waals surface area contributed by atoms with Gasteiger partial charge < -0.3 is 4.90 Å². The van der Waals surface area contributed by atoms with Gasteiger partial charge in [0, 0.05) is 38.6 Å². The number of aromatic nitrogens is 4. The summed E-state index contributed by atoms with van der Waals surface area (Å²) in [6.45, 7) is 3.05. The average molecular weight is 347 g/mol. The van der Waals surface area contributed by atoms with Crippen LogP contribution in [0.3, 0.4) is 0 Å². The maximum absolute atomic E-state index is 12.7. The van der Waals surface area contributed by atoms with E-state index in [1.54, 1.807) is 22.0 Å². The first-order valence-electron chi connectivity index (χ1n) is 6.97. The van der Waals surface area contributed by atoms with Crippen molar-refractivity contribution < 1.29 is 13.2 Å². The SMILES string of the molecule is FC(F)(F)c1ccnc(N2CCN(Cn3cc(Cl)cn3)CC2)n1. The van der Waals surface area contributed by atoms with Gasteiger partial charge in [-0.25, -0.2) is 9.97 Å². The van der Waals surface area contributed by atoms with Gasteiger partial charge in [-0.05, 0) is 6.07 Å². The van der Waals surface area contributed by atoms with Crippen LogP contribution in [0.4, 0.5) is 19.1 Å². The molecule has 23 heavy (non-hydrogen) atoms. The van der Waals surface area contributed by atoms with Crippen LogP contribution < -0.4 is 4.90 Å². The zero-order chi connectivity index (χ0) is 16.4. The van der Waals surface area contributed by atoms with Crippen molar-refractivity contribution in [1.29, 1.82) is 0 Å². The summed E-state index contributed by atoms with van der Waals surface area (Å²) in [4.78, 5) is 11.5. The molecule has 10 heteroatoms. The topological polar surface area (TPSA) is 50.1 Å². The van der Waals surface area contributed by atoms with Gasteiger partial charge in [-0.2, -0.15) is 18.3 Å². The van der Waals surface area contributed by atoms with Crippen molar-refractivity contribution in [3.8, 4) is 0 Å². The average Bonchev–Trinajstić information content (AvgIpc) is 2.92. The number of halogens is 4. The monoisotopic (exact) mass is 346 g/mol. The van der Waals surface area contributed by atoms with E-state index in [0.29, 0.717) is 37.9 Å². The van der Waals surface area contributed by atoms with Crippen LogP contribution in [-0.2, 0) is 12.8 Å². The van der Waals surface area contributed by atoms with E-state index in [2.05, 4.69) is 20.0 Å². The molecule has 1 fully saturated rings. The predicted octanol–water partition coefficient (Wildman–Crippen LogP) is 2.12. The first kappa shape index (κ1) is 16.0. The molecule has 3 rings (SSSR count). The lowest BCUT2D eigenvalue weighted by atomic mass is 10.3. The normalized spacial score (nSPS) is 16.8. The molecule has 2 aromatic heterocycles. The third-order valence-electron chi connectivity index (χ3n) is 3.54. The van der Waals surface area contributed by atoms with Crippen molar-refractivity contribution in [2.24, 2.45) is 0 Å². The van der Waals surface area contributed by atoms with Gasteiger partial charge in [0.05, 0.1) is 17.9 Å². The van der Waals surface area contributed by atoms with Crippen molar-refractivity contribution in [1.82, 2.24) is 24.6 Å². The van der Waals surface area contributed by atoms with Gasteiger partial charge in [0.25, 0.3) is 0 Å². The van der Waals surface area contributed by atoms with Crippen molar-refractivity contribution >= 4 is 17.5 Å². The smallest absolute Gasteiger partial charge is 0.338 e. The van der Waals surface area contributed by atoms with E-state index in [9.17, 15) is 13.2 Å². The quantitative estimate of drug-likeness (QED) is 0.852. The van der Waals surface area contributed by atoms with Crippen molar-refractivity contribution in [3.05, 3.63) is 35.4 Å². The third-order valence-corrected chi connectivity index (χ3v) is 3.73. The lowest BCUT2D eigenvalue weighted by Gasteiger charge is -2.34. The number of hydrogen-bond acceptors (Lipinski definition) is 5. The van der Waals surface area contributed by atoms with Crippen LogP contribution in [0.25, 0.3) is 0 Å². The van der Waals surface area contributed by atoms with Crippen molar-refractivity contribution in [2.75, 3.05) is 31.1 Å². The number of rotatable bonds is 3. The van der Waals surface area contributed by atoms with E-state index in [4.69, 9.17) is 11.6 Å². The summed E-state index contributed by atoms with van der Waals surface area (Å²) in [5.74, 6) is 0.113. The summed E-state index contributed by atoms with van der Waals surface area (Å²) in [5.41, 5.74) is -0.920. The summed E-state index contributed by atoms with van der Waals surface area (Å²) in [5, 5.41) is 4.68. The lowest BCUT2D eigenvalue weighted by Crippen LogP contribution is -2.47. The molecule has 0 amide bonds. The summed E-state index contributed by atoms with van der Waals surface area (Å²) < 4.78 is 39.8. The van der Waals surface area contributed by atoms with E-state index in [-0.39, 0.29) is 5.95 Å². The minimum absolute atomic E-state index is 0.113. The molecule has 0 N–H and O–H groups in total. The molecule has 124 valence electrons. The standard InChI is InChI=1S/C13H14ClF3N6/c14-10-7-19-23(8-10)9-21-3-5-22(6-4-21)12-18-2-1-11(20-12)13(15,16)17/h1-2,7-8H,3-6,9H2. The second-order valence-corrected chi connectivity index (χ2v) is 5.62. The Morgan fingerprint density at radius 1 is 1.17 bits per heavy atom. The molecule has 0 aromatic carbocycles. The van der Waals surface area contributed by atoms with Gasteiger partial charge in [-0.3, -0.25) is 9.58 Å². The Hall–Kier alpha value is -1.87. The summed E-state index contributed by atoms with van der Waals surface area (Å²) in [6, 6.07) is 0.876. The number of alkyl halides is 3. The first-order chi connectivity index (χ1) is 10.9. The highest BCUT2D eigenvalue weighted by molar-refractivity contribution is 6.30. The predicted molar refractivity (Wildman–Crippen MR) is 78.1 cm³/mol. The molecular formula is C13H14ClF3N6. The molecule has 1 aliphatic heterocycles. The zero-order valence-electron chi connectivity index (χ0n) is 12.0. The number of piperazine rings is 1. The highest BCUT2D eigenvalue weighted by Gasteiger charge is 2.33. The van der Waals surface area contributed by atoms with E-state index in [1.807, 2.05) is 0 Å². The highest BCUT2D eigenvalue weighted by Crippen LogP contribution is 2.28. The largest absolute Gasteiger partial charge is 0.433 e. The molecule has 0 bridgehead atoms. The van der Waals surface area contributed by atoms with E-state index >= 15 is 0 Å². The molecule has 0 aliphatic carbocycles. The van der Waals surface area contributed by atoms with Gasteiger partial charge in [-0.15, -0.1) is 0 Å². The van der Waals surface area contributed by atoms with Crippen LogP contribution in [-0.4, -0.2) is 50.8 Å². The van der Waals surface area contributed by atoms with Gasteiger partial charge in [0.2, 0.25) is 5.95 Å². The molecule has 2 aromatic rings. The number of nitrogens with zero attached hydrogens (tertiary/aromatic N) is 6. The van der Waals surface area contributed by atoms with E-state index in [0.717, 1.165) is 12.3 Å². The summed E-state index contributed by atoms with van der Waals surface area (Å²) >= 11 is 5.81. The highest BCUT2D eigenvalue weighted by atomic mass is 35.5. The third kappa shape index (κ3) is 3.91. The first-order valence-corrected chi connectivity index (χ1v) is 7.35. The Morgan fingerprint density at radius 2 is 1.91 bits per heavy atom. The van der Waals surface area contributed by atoms with Crippen LogP contribution in [0, 0.1) is 0 Å². The fraction of sp³-hybridized carbons (Fsp3) is 0.462. The molecule has 0 saturated carbocycles. The second-order valence-electron chi connectivity index (χ2n) is 5.18. The Bertz CT molecular complexity index is 666. The molecule has 0 unspecified atom stereocenters. The fourth-order valence-electron chi connectivity index (χ4n) is 2.37. The Balaban J connectivity index is 1.60. The maximum Gasteiger partial charge on any atom is 0.433 e. The molecule has 1 aliphatic rings. The molecule has 0 radical (unpaired) electrons. The molecule has 3 heterocycles. The van der Waals surface area contributed by atoms with Gasteiger partial charge in [0.1, 0.15) is 5.69 Å². The Kier molecular flexibility index (Phi) is 4.40. The van der Waals surface area contributed by atoms with Crippen LogP contribution in [0.2, 0.25) is 5.02 Å². The molecule has 0 atom stereocenters. The summed E-state index contributed by atoms with van der Waals surface area (Å²) in [7, 11) is 0. The van der Waals surface area contributed by atoms with Crippen molar-refractivity contribution in [2.45, 2.75) is 12.8 Å². The fourth-order valence-corrected chi connectivity index (χ4v) is 2.52. The maximum atomic E-state index is 12.7. The minimum Gasteiger partial charge on any atom is -0.338 e. The molecule has 0 spiro atoms. The molecule has 6 nitrogen and oxygen atoms in total. The van der Waals surface area contributed by atoms with E-state index in [1.165, 1.54) is 0 Å². The van der Waals surface area contributed by atoms with Gasteiger partial charge in [-0.1, -0.05) is 11.6 Å². The Morgan fingerprint density at radius 3 is 2.52 bits per heavy atom. The van der Waals surface area contributed by atoms with E-state index < -0.39 is 11.9 Å². The van der Waals surface area contributed by atoms with Crippen molar-refractivity contribution in [3.63, 3.8) is 0 Å². The van der Waals surface area contributed by atoms with Gasteiger partial charge in [0.15, 0.2) is 0 Å². The lowest BCUT2D eigenvalue weighted by molar-refractivity contribution is -0.141. The molecule has 1 saturated heterocycles. The minimum atomic E-state index is -4.46. The van der Waals surface area contributed by atoms with Crippen LogP contribution in [0.5, 0.6) is 0 Å². The summed E-state index contributed by atoms with van der Waals surface area (Å²) in [6.07, 6.45) is -0.0275.